The predicted molar refractivity (Wildman–Crippen MR) is 112 cm³/mol. The van der Waals surface area contributed by atoms with Crippen LogP contribution in [0.1, 0.15) is 64.2 Å². The first-order chi connectivity index (χ1) is 13.3. The van der Waals surface area contributed by atoms with Gasteiger partial charge in [-0.05, 0) is 68.2 Å². The Morgan fingerprint density at radius 3 is 2.46 bits per heavy atom. The molecule has 156 valence electrons. The molecule has 0 aliphatic heterocycles. The minimum absolute atomic E-state index is 0.129. The Kier molecular flexibility index (Phi) is 8.99. The van der Waals surface area contributed by atoms with E-state index in [4.69, 9.17) is 16.7 Å². The Labute approximate surface area is 173 Å². The molecule has 0 spiro atoms. The van der Waals surface area contributed by atoms with Crippen LogP contribution in [0.25, 0.3) is 0 Å². The maximum absolute atomic E-state index is 12.5. The topological polar surface area (TPSA) is 83.5 Å². The fourth-order valence-corrected chi connectivity index (χ4v) is 4.99. The van der Waals surface area contributed by atoms with Crippen LogP contribution >= 0.6 is 11.6 Å². The van der Waals surface area contributed by atoms with Gasteiger partial charge in [0.05, 0.1) is 4.90 Å². The van der Waals surface area contributed by atoms with E-state index in [9.17, 15) is 13.2 Å². The Morgan fingerprint density at radius 2 is 1.82 bits per heavy atom. The van der Waals surface area contributed by atoms with E-state index in [1.807, 2.05) is 0 Å². The van der Waals surface area contributed by atoms with Crippen molar-refractivity contribution in [2.75, 3.05) is 6.54 Å². The summed E-state index contributed by atoms with van der Waals surface area (Å²) in [6.07, 6.45) is 13.4. The van der Waals surface area contributed by atoms with E-state index in [0.717, 1.165) is 32.1 Å². The number of carboxylic acids is 1. The fraction of sp³-hybridized carbons (Fsp3) is 0.571. The lowest BCUT2D eigenvalue weighted by molar-refractivity contribution is -0.137. The standard InChI is InChI=1S/C21H30ClNO4S/c22-18-9-11-19(12-10-18)28(26,27)23-17-16-21(14-6-3-7-15-21)13-5-2-1-4-8-20(24)25/h2,5,9-12,23H,1,3-4,6-8,13-17H2,(H,24,25). The van der Waals surface area contributed by atoms with Gasteiger partial charge < -0.3 is 5.11 Å². The molecule has 1 aromatic carbocycles. The van der Waals surface area contributed by atoms with Crippen molar-refractivity contribution in [1.29, 1.82) is 0 Å². The molecular weight excluding hydrogens is 398 g/mol. The number of hydrogen-bond donors (Lipinski definition) is 2. The summed E-state index contributed by atoms with van der Waals surface area (Å²) in [6, 6.07) is 6.18. The molecule has 0 saturated heterocycles. The highest BCUT2D eigenvalue weighted by atomic mass is 35.5. The van der Waals surface area contributed by atoms with Crippen molar-refractivity contribution in [3.8, 4) is 0 Å². The molecule has 0 amide bonds. The zero-order chi connectivity index (χ0) is 20.5. The van der Waals surface area contributed by atoms with Gasteiger partial charge in [0, 0.05) is 18.0 Å². The smallest absolute Gasteiger partial charge is 0.303 e. The maximum Gasteiger partial charge on any atom is 0.303 e. The van der Waals surface area contributed by atoms with Gasteiger partial charge in [-0.3, -0.25) is 4.79 Å². The first kappa shape index (κ1) is 22.9. The number of rotatable bonds is 11. The molecule has 0 unspecified atom stereocenters. The van der Waals surface area contributed by atoms with Gasteiger partial charge in [-0.1, -0.05) is 43.0 Å². The Hall–Kier alpha value is -1.37. The number of hydrogen-bond acceptors (Lipinski definition) is 3. The molecule has 1 fully saturated rings. The van der Waals surface area contributed by atoms with Crippen LogP contribution in [0.5, 0.6) is 0 Å². The van der Waals surface area contributed by atoms with Gasteiger partial charge in [0.15, 0.2) is 0 Å². The summed E-state index contributed by atoms with van der Waals surface area (Å²) in [5, 5.41) is 9.20. The summed E-state index contributed by atoms with van der Waals surface area (Å²) in [5.41, 5.74) is 0.129. The van der Waals surface area contributed by atoms with Gasteiger partial charge >= 0.3 is 5.97 Å². The lowest BCUT2D eigenvalue weighted by Gasteiger charge is -2.37. The monoisotopic (exact) mass is 427 g/mol. The third-order valence-electron chi connectivity index (χ3n) is 5.46. The van der Waals surface area contributed by atoms with Crippen LogP contribution < -0.4 is 4.72 Å². The first-order valence-electron chi connectivity index (χ1n) is 9.95. The summed E-state index contributed by atoms with van der Waals surface area (Å²) < 4.78 is 27.7. The average Bonchev–Trinajstić information content (AvgIpc) is 2.65. The van der Waals surface area contributed by atoms with E-state index in [0.29, 0.717) is 18.0 Å². The molecular formula is C21H30ClNO4S. The number of unbranched alkanes of at least 4 members (excludes halogenated alkanes) is 1. The molecule has 0 heterocycles. The minimum Gasteiger partial charge on any atom is -0.481 e. The normalized spacial score (nSPS) is 17.0. The van der Waals surface area contributed by atoms with E-state index in [-0.39, 0.29) is 16.7 Å². The SMILES string of the molecule is O=C(O)CCCC=CCC1(CCNS(=O)(=O)c2ccc(Cl)cc2)CCCCC1. The summed E-state index contributed by atoms with van der Waals surface area (Å²) in [6.45, 7) is 0.414. The third kappa shape index (κ3) is 7.57. The Balaban J connectivity index is 1.88. The van der Waals surface area contributed by atoms with Gasteiger partial charge in [-0.2, -0.15) is 0 Å². The molecule has 1 aliphatic carbocycles. The number of allylic oxidation sites excluding steroid dienone is 2. The third-order valence-corrected chi connectivity index (χ3v) is 7.19. The van der Waals surface area contributed by atoms with Gasteiger partial charge in [0.2, 0.25) is 10.0 Å². The van der Waals surface area contributed by atoms with Gasteiger partial charge in [-0.25, -0.2) is 13.1 Å². The van der Waals surface area contributed by atoms with Crippen LogP contribution in [0.15, 0.2) is 41.3 Å². The number of benzene rings is 1. The van der Waals surface area contributed by atoms with Crippen LogP contribution in [0, 0.1) is 5.41 Å². The molecule has 28 heavy (non-hydrogen) atoms. The molecule has 2 N–H and O–H groups in total. The number of aliphatic carboxylic acids is 1. The summed E-state index contributed by atoms with van der Waals surface area (Å²) in [5.74, 6) is -0.759. The summed E-state index contributed by atoms with van der Waals surface area (Å²) >= 11 is 5.83. The minimum atomic E-state index is -3.53. The van der Waals surface area contributed by atoms with Crippen LogP contribution in [0.2, 0.25) is 5.02 Å². The Bertz CT molecular complexity index is 753. The van der Waals surface area contributed by atoms with Gasteiger partial charge in [0.1, 0.15) is 0 Å². The zero-order valence-corrected chi connectivity index (χ0v) is 17.8. The van der Waals surface area contributed by atoms with E-state index in [2.05, 4.69) is 16.9 Å². The maximum atomic E-state index is 12.5. The lowest BCUT2D eigenvalue weighted by atomic mass is 9.69. The number of nitrogens with one attached hydrogen (secondary N) is 1. The van der Waals surface area contributed by atoms with E-state index in [1.165, 1.54) is 31.4 Å². The van der Waals surface area contributed by atoms with Crippen LogP contribution in [-0.4, -0.2) is 26.0 Å². The molecule has 1 aliphatic rings. The quantitative estimate of drug-likeness (QED) is 0.377. The molecule has 2 rings (SSSR count). The van der Waals surface area contributed by atoms with Crippen LogP contribution in [0.4, 0.5) is 0 Å². The molecule has 0 aromatic heterocycles. The van der Waals surface area contributed by atoms with E-state index < -0.39 is 16.0 Å². The summed E-state index contributed by atoms with van der Waals surface area (Å²) in [4.78, 5) is 10.8. The van der Waals surface area contributed by atoms with Crippen molar-refractivity contribution in [3.05, 3.63) is 41.4 Å². The van der Waals surface area contributed by atoms with Gasteiger partial charge in [-0.15, -0.1) is 0 Å². The number of halogens is 1. The average molecular weight is 428 g/mol. The zero-order valence-electron chi connectivity index (χ0n) is 16.2. The second-order valence-corrected chi connectivity index (χ2v) is 9.83. The van der Waals surface area contributed by atoms with Crippen molar-refractivity contribution in [1.82, 2.24) is 4.72 Å². The predicted octanol–water partition coefficient (Wildman–Crippen LogP) is 5.16. The molecule has 1 saturated carbocycles. The molecule has 7 heteroatoms. The fourth-order valence-electron chi connectivity index (χ4n) is 3.83. The molecule has 0 radical (unpaired) electrons. The van der Waals surface area contributed by atoms with Gasteiger partial charge in [0.25, 0.3) is 0 Å². The van der Waals surface area contributed by atoms with E-state index in [1.54, 1.807) is 12.1 Å². The summed E-state index contributed by atoms with van der Waals surface area (Å²) in [7, 11) is -3.53. The largest absolute Gasteiger partial charge is 0.481 e. The van der Waals surface area contributed by atoms with Crippen molar-refractivity contribution in [2.45, 2.75) is 69.1 Å². The highest BCUT2D eigenvalue weighted by Gasteiger charge is 2.30. The second kappa shape index (κ2) is 11.0. The lowest BCUT2D eigenvalue weighted by Crippen LogP contribution is -2.32. The van der Waals surface area contributed by atoms with Crippen molar-refractivity contribution in [2.24, 2.45) is 5.41 Å². The van der Waals surface area contributed by atoms with Crippen LogP contribution in [0.3, 0.4) is 0 Å². The number of sulfonamides is 1. The van der Waals surface area contributed by atoms with E-state index >= 15 is 0 Å². The highest BCUT2D eigenvalue weighted by Crippen LogP contribution is 2.42. The number of carbonyl (C=O) groups is 1. The molecule has 0 bridgehead atoms. The second-order valence-electron chi connectivity index (χ2n) is 7.62. The first-order valence-corrected chi connectivity index (χ1v) is 11.8. The number of carboxylic acid groups (broad SMARTS) is 1. The Morgan fingerprint density at radius 1 is 1.14 bits per heavy atom. The van der Waals surface area contributed by atoms with Crippen LogP contribution in [-0.2, 0) is 14.8 Å². The molecule has 1 aromatic rings. The van der Waals surface area contributed by atoms with Crippen molar-refractivity contribution >= 4 is 27.6 Å². The molecule has 5 nitrogen and oxygen atoms in total. The van der Waals surface area contributed by atoms with Crippen molar-refractivity contribution < 1.29 is 18.3 Å². The highest BCUT2D eigenvalue weighted by molar-refractivity contribution is 7.89. The van der Waals surface area contributed by atoms with Crippen molar-refractivity contribution in [3.63, 3.8) is 0 Å². The molecule has 0 atom stereocenters.